The van der Waals surface area contributed by atoms with E-state index in [4.69, 9.17) is 0 Å². The molecule has 1 heterocycles. The first-order chi connectivity index (χ1) is 7.26. The molecule has 0 aromatic carbocycles. The number of rotatable bonds is 4. The standard InChI is InChI=1S/C11H20N2OS/c1-15-11(4-5-11)8-13-10(14)9-3-2-6-12-7-9/h9,12H,2-8H2,1H3,(H,13,14)/t9-/m0/s1. The number of thioether (sulfide) groups is 1. The van der Waals surface area contributed by atoms with Gasteiger partial charge in [0.2, 0.25) is 5.91 Å². The second-order valence-electron chi connectivity index (χ2n) is 4.65. The van der Waals surface area contributed by atoms with Gasteiger partial charge >= 0.3 is 0 Å². The molecule has 0 unspecified atom stereocenters. The molecular formula is C11H20N2OS. The van der Waals surface area contributed by atoms with Crippen LogP contribution in [0.1, 0.15) is 25.7 Å². The summed E-state index contributed by atoms with van der Waals surface area (Å²) in [4.78, 5) is 11.8. The summed E-state index contributed by atoms with van der Waals surface area (Å²) < 4.78 is 0.387. The third-order valence-electron chi connectivity index (χ3n) is 3.49. The highest BCUT2D eigenvalue weighted by Crippen LogP contribution is 2.46. The Morgan fingerprint density at radius 1 is 1.60 bits per heavy atom. The monoisotopic (exact) mass is 228 g/mol. The van der Waals surface area contributed by atoms with Crippen molar-refractivity contribution in [3.8, 4) is 0 Å². The quantitative estimate of drug-likeness (QED) is 0.754. The van der Waals surface area contributed by atoms with Gasteiger partial charge in [-0.2, -0.15) is 11.8 Å². The second kappa shape index (κ2) is 4.74. The topological polar surface area (TPSA) is 41.1 Å². The molecule has 1 aliphatic heterocycles. The number of piperidine rings is 1. The second-order valence-corrected chi connectivity index (χ2v) is 5.92. The SMILES string of the molecule is CSC1(CNC(=O)[C@H]2CCCNC2)CC1. The number of carbonyl (C=O) groups is 1. The molecule has 2 fully saturated rings. The summed E-state index contributed by atoms with van der Waals surface area (Å²) in [6.07, 6.45) is 6.84. The Morgan fingerprint density at radius 3 is 2.93 bits per heavy atom. The van der Waals surface area contributed by atoms with Crippen LogP contribution < -0.4 is 10.6 Å². The van der Waals surface area contributed by atoms with E-state index in [-0.39, 0.29) is 11.8 Å². The Labute approximate surface area is 95.8 Å². The van der Waals surface area contributed by atoms with Gasteiger partial charge in [0.1, 0.15) is 0 Å². The van der Waals surface area contributed by atoms with Gasteiger partial charge in [-0.25, -0.2) is 0 Å². The lowest BCUT2D eigenvalue weighted by Crippen LogP contribution is -2.42. The summed E-state index contributed by atoms with van der Waals surface area (Å²) in [5.74, 6) is 0.457. The Morgan fingerprint density at radius 2 is 2.40 bits per heavy atom. The zero-order valence-corrected chi connectivity index (χ0v) is 10.2. The van der Waals surface area contributed by atoms with Crippen LogP contribution in [0.3, 0.4) is 0 Å². The van der Waals surface area contributed by atoms with Crippen LogP contribution in [0, 0.1) is 5.92 Å². The molecule has 2 rings (SSSR count). The molecule has 86 valence electrons. The first kappa shape index (κ1) is 11.3. The smallest absolute Gasteiger partial charge is 0.224 e. The van der Waals surface area contributed by atoms with E-state index in [0.29, 0.717) is 4.75 Å². The van der Waals surface area contributed by atoms with Gasteiger partial charge in [-0.1, -0.05) is 0 Å². The molecule has 1 amide bonds. The van der Waals surface area contributed by atoms with Crippen LogP contribution in [0.2, 0.25) is 0 Å². The van der Waals surface area contributed by atoms with Crippen LogP contribution >= 0.6 is 11.8 Å². The molecule has 15 heavy (non-hydrogen) atoms. The Balaban J connectivity index is 1.72. The van der Waals surface area contributed by atoms with Crippen molar-refractivity contribution in [1.82, 2.24) is 10.6 Å². The van der Waals surface area contributed by atoms with Crippen LogP contribution in [-0.2, 0) is 4.79 Å². The van der Waals surface area contributed by atoms with Gasteiger partial charge < -0.3 is 10.6 Å². The molecule has 2 N–H and O–H groups in total. The predicted octanol–water partition coefficient (Wildman–Crippen LogP) is 0.998. The number of carbonyl (C=O) groups excluding carboxylic acids is 1. The van der Waals surface area contributed by atoms with E-state index in [0.717, 1.165) is 32.5 Å². The number of hydrogen-bond donors (Lipinski definition) is 2. The lowest BCUT2D eigenvalue weighted by molar-refractivity contribution is -0.125. The molecule has 1 atom stereocenters. The molecule has 0 aromatic heterocycles. The number of nitrogens with one attached hydrogen (secondary N) is 2. The largest absolute Gasteiger partial charge is 0.354 e. The van der Waals surface area contributed by atoms with E-state index >= 15 is 0 Å². The summed E-state index contributed by atoms with van der Waals surface area (Å²) in [7, 11) is 0. The minimum atomic E-state index is 0.205. The van der Waals surface area contributed by atoms with Crippen LogP contribution in [0.4, 0.5) is 0 Å². The zero-order valence-electron chi connectivity index (χ0n) is 9.34. The minimum Gasteiger partial charge on any atom is -0.354 e. The highest BCUT2D eigenvalue weighted by Gasteiger charge is 2.42. The summed E-state index contributed by atoms with van der Waals surface area (Å²) in [5, 5.41) is 6.38. The number of amides is 1. The third kappa shape index (κ3) is 2.88. The molecular weight excluding hydrogens is 208 g/mol. The molecule has 4 heteroatoms. The molecule has 0 spiro atoms. The molecule has 0 bridgehead atoms. The summed E-state index contributed by atoms with van der Waals surface area (Å²) >= 11 is 1.90. The van der Waals surface area contributed by atoms with Crippen molar-refractivity contribution in [2.75, 3.05) is 25.9 Å². The molecule has 0 aromatic rings. The minimum absolute atomic E-state index is 0.205. The zero-order chi connectivity index (χ0) is 10.7. The summed E-state index contributed by atoms with van der Waals surface area (Å²) in [6.45, 7) is 2.79. The average molecular weight is 228 g/mol. The van der Waals surface area contributed by atoms with Crippen molar-refractivity contribution >= 4 is 17.7 Å². The van der Waals surface area contributed by atoms with Crippen LogP contribution in [0.15, 0.2) is 0 Å². The van der Waals surface area contributed by atoms with Crippen molar-refractivity contribution < 1.29 is 4.79 Å². The Bertz CT molecular complexity index is 235. The lowest BCUT2D eigenvalue weighted by Gasteiger charge is -2.23. The van der Waals surface area contributed by atoms with Crippen LogP contribution in [0.5, 0.6) is 0 Å². The fourth-order valence-electron chi connectivity index (χ4n) is 2.06. The molecule has 1 saturated heterocycles. The highest BCUT2D eigenvalue weighted by molar-refractivity contribution is 8.00. The summed E-state index contributed by atoms with van der Waals surface area (Å²) in [5.41, 5.74) is 0. The van der Waals surface area contributed by atoms with E-state index in [1.807, 2.05) is 11.8 Å². The van der Waals surface area contributed by atoms with Gasteiger partial charge in [-0.05, 0) is 38.5 Å². The maximum Gasteiger partial charge on any atom is 0.224 e. The molecule has 0 radical (unpaired) electrons. The van der Waals surface area contributed by atoms with Gasteiger partial charge in [-0.15, -0.1) is 0 Å². The fourth-order valence-corrected chi connectivity index (χ4v) is 2.79. The van der Waals surface area contributed by atoms with E-state index in [1.165, 1.54) is 12.8 Å². The predicted molar refractivity (Wildman–Crippen MR) is 64.1 cm³/mol. The fraction of sp³-hybridized carbons (Fsp3) is 0.909. The van der Waals surface area contributed by atoms with E-state index in [9.17, 15) is 4.79 Å². The van der Waals surface area contributed by atoms with Gasteiger partial charge in [0.15, 0.2) is 0 Å². The highest BCUT2D eigenvalue weighted by atomic mass is 32.2. The summed E-state index contributed by atoms with van der Waals surface area (Å²) in [6, 6.07) is 0. The van der Waals surface area contributed by atoms with E-state index < -0.39 is 0 Å². The molecule has 1 aliphatic carbocycles. The maximum atomic E-state index is 11.8. The van der Waals surface area contributed by atoms with Gasteiger partial charge in [0.25, 0.3) is 0 Å². The Hall–Kier alpha value is -0.220. The van der Waals surface area contributed by atoms with Gasteiger partial charge in [0.05, 0.1) is 5.92 Å². The Kier molecular flexibility index (Phi) is 3.57. The number of hydrogen-bond acceptors (Lipinski definition) is 3. The van der Waals surface area contributed by atoms with Gasteiger partial charge in [-0.3, -0.25) is 4.79 Å². The van der Waals surface area contributed by atoms with Crippen LogP contribution in [-0.4, -0.2) is 36.5 Å². The average Bonchev–Trinajstić information content (AvgIpc) is 3.08. The maximum absolute atomic E-state index is 11.8. The van der Waals surface area contributed by atoms with Crippen molar-refractivity contribution in [2.45, 2.75) is 30.4 Å². The van der Waals surface area contributed by atoms with E-state index in [1.54, 1.807) is 0 Å². The molecule has 1 saturated carbocycles. The lowest BCUT2D eigenvalue weighted by atomic mass is 9.99. The van der Waals surface area contributed by atoms with Crippen molar-refractivity contribution in [2.24, 2.45) is 5.92 Å². The van der Waals surface area contributed by atoms with Crippen molar-refractivity contribution in [3.63, 3.8) is 0 Å². The molecule has 2 aliphatic rings. The normalized spacial score (nSPS) is 28.5. The van der Waals surface area contributed by atoms with Crippen LogP contribution in [0.25, 0.3) is 0 Å². The van der Waals surface area contributed by atoms with Gasteiger partial charge in [0, 0.05) is 17.8 Å². The van der Waals surface area contributed by atoms with E-state index in [2.05, 4.69) is 16.9 Å². The molecule has 3 nitrogen and oxygen atoms in total. The first-order valence-corrected chi connectivity index (χ1v) is 7.02. The third-order valence-corrected chi connectivity index (χ3v) is 4.91. The van der Waals surface area contributed by atoms with Crippen molar-refractivity contribution in [3.05, 3.63) is 0 Å². The first-order valence-electron chi connectivity index (χ1n) is 5.79. The van der Waals surface area contributed by atoms with Crippen molar-refractivity contribution in [1.29, 1.82) is 0 Å².